The van der Waals surface area contributed by atoms with Gasteiger partial charge in [-0.1, -0.05) is 18.2 Å². The Morgan fingerprint density at radius 3 is 2.11 bits per heavy atom. The Bertz CT molecular complexity index is 1400. The summed E-state index contributed by atoms with van der Waals surface area (Å²) in [5.41, 5.74) is 2.06. The molecule has 0 N–H and O–H groups in total. The van der Waals surface area contributed by atoms with E-state index >= 15 is 0 Å². The van der Waals surface area contributed by atoms with E-state index in [2.05, 4.69) is 5.10 Å². The van der Waals surface area contributed by atoms with E-state index in [0.717, 1.165) is 5.56 Å². The Morgan fingerprint density at radius 1 is 0.889 bits per heavy atom. The first-order valence-electron chi connectivity index (χ1n) is 10.7. The summed E-state index contributed by atoms with van der Waals surface area (Å²) in [7, 11) is 2.45. The van der Waals surface area contributed by atoms with Gasteiger partial charge in [-0.25, -0.2) is 14.3 Å². The number of nitro groups is 1. The Balaban J connectivity index is 1.66. The van der Waals surface area contributed by atoms with E-state index in [0.29, 0.717) is 17.0 Å². The molecule has 0 radical (unpaired) electrons. The summed E-state index contributed by atoms with van der Waals surface area (Å²) in [6.07, 6.45) is 0. The molecule has 0 spiro atoms. The van der Waals surface area contributed by atoms with Gasteiger partial charge in [0.05, 0.1) is 24.8 Å². The summed E-state index contributed by atoms with van der Waals surface area (Å²) in [5, 5.41) is 15.4. The number of nitro benzene ring substituents is 1. The number of hydrogen-bond acceptors (Lipinski definition) is 8. The third kappa shape index (κ3) is 4.92. The number of non-ortho nitro benzene ring substituents is 1. The lowest BCUT2D eigenvalue weighted by molar-refractivity contribution is -0.384. The Labute approximate surface area is 205 Å². The number of para-hydroxylation sites is 1. The highest BCUT2D eigenvalue weighted by Crippen LogP contribution is 2.30. The van der Waals surface area contributed by atoms with Crippen LogP contribution in [0.25, 0.3) is 16.9 Å². The number of ether oxygens (including phenoxy) is 3. The van der Waals surface area contributed by atoms with Crippen molar-refractivity contribution in [2.45, 2.75) is 6.61 Å². The fraction of sp³-hybridized carbons (Fsp3) is 0.115. The highest BCUT2D eigenvalue weighted by Gasteiger charge is 2.31. The second kappa shape index (κ2) is 10.5. The van der Waals surface area contributed by atoms with Gasteiger partial charge in [0.25, 0.3) is 5.69 Å². The lowest BCUT2D eigenvalue weighted by Crippen LogP contribution is -2.15. The van der Waals surface area contributed by atoms with Gasteiger partial charge >= 0.3 is 11.9 Å². The smallest absolute Gasteiger partial charge is 0.357 e. The first-order valence-corrected chi connectivity index (χ1v) is 10.7. The van der Waals surface area contributed by atoms with E-state index in [9.17, 15) is 19.7 Å². The molecule has 0 saturated heterocycles. The van der Waals surface area contributed by atoms with E-state index in [1.807, 2.05) is 6.07 Å². The van der Waals surface area contributed by atoms with E-state index in [1.54, 1.807) is 60.7 Å². The van der Waals surface area contributed by atoms with Crippen LogP contribution in [0.3, 0.4) is 0 Å². The molecule has 0 bridgehead atoms. The van der Waals surface area contributed by atoms with Crippen LogP contribution in [0.4, 0.5) is 5.69 Å². The number of rotatable bonds is 8. The molecule has 0 atom stereocenters. The number of esters is 2. The fourth-order valence-electron chi connectivity index (χ4n) is 3.55. The zero-order valence-corrected chi connectivity index (χ0v) is 19.4. The van der Waals surface area contributed by atoms with Gasteiger partial charge in [0.15, 0.2) is 5.69 Å². The molecule has 10 heteroatoms. The van der Waals surface area contributed by atoms with Crippen molar-refractivity contribution in [2.75, 3.05) is 14.2 Å². The lowest BCUT2D eigenvalue weighted by Gasteiger charge is -2.08. The minimum atomic E-state index is -0.735. The molecule has 3 aromatic carbocycles. The molecular weight excluding hydrogens is 466 g/mol. The van der Waals surface area contributed by atoms with E-state index < -0.39 is 16.9 Å². The zero-order valence-electron chi connectivity index (χ0n) is 19.4. The maximum Gasteiger partial charge on any atom is 0.357 e. The van der Waals surface area contributed by atoms with Crippen LogP contribution < -0.4 is 4.74 Å². The Morgan fingerprint density at radius 2 is 1.53 bits per heavy atom. The zero-order chi connectivity index (χ0) is 25.7. The maximum atomic E-state index is 12.7. The van der Waals surface area contributed by atoms with Crippen LogP contribution >= 0.6 is 0 Å². The average Bonchev–Trinajstić information content (AvgIpc) is 3.32. The predicted molar refractivity (Wildman–Crippen MR) is 129 cm³/mol. The van der Waals surface area contributed by atoms with Crippen LogP contribution in [0.15, 0.2) is 78.9 Å². The summed E-state index contributed by atoms with van der Waals surface area (Å²) >= 11 is 0. The van der Waals surface area contributed by atoms with Crippen molar-refractivity contribution in [2.24, 2.45) is 0 Å². The molecule has 36 heavy (non-hydrogen) atoms. The SMILES string of the molecule is COC(=O)c1c(-c2ccc(OCc3ccc([N+](=O)[O-])cc3)cc2)nn(-c2ccccc2)c1C(=O)OC. The number of hydrogen-bond donors (Lipinski definition) is 0. The number of aromatic nitrogens is 2. The van der Waals surface area contributed by atoms with Crippen LogP contribution in [0, 0.1) is 10.1 Å². The van der Waals surface area contributed by atoms with Gasteiger partial charge in [0.1, 0.15) is 23.6 Å². The van der Waals surface area contributed by atoms with Gasteiger partial charge in [0, 0.05) is 17.7 Å². The second-order valence-corrected chi connectivity index (χ2v) is 7.54. The van der Waals surface area contributed by atoms with Crippen LogP contribution in [-0.2, 0) is 16.1 Å². The quantitative estimate of drug-likeness (QED) is 0.201. The molecule has 1 aromatic heterocycles. The summed E-state index contributed by atoms with van der Waals surface area (Å²) in [6, 6.07) is 21.8. The first-order chi connectivity index (χ1) is 17.4. The molecule has 0 amide bonds. The molecule has 4 aromatic rings. The summed E-state index contributed by atoms with van der Waals surface area (Å²) < 4.78 is 17.0. The molecule has 0 unspecified atom stereocenters. The molecule has 0 aliphatic carbocycles. The van der Waals surface area contributed by atoms with Crippen LogP contribution in [0.1, 0.15) is 26.4 Å². The van der Waals surface area contributed by atoms with Crippen molar-refractivity contribution >= 4 is 17.6 Å². The monoisotopic (exact) mass is 487 g/mol. The average molecular weight is 487 g/mol. The molecular formula is C26H21N3O7. The molecule has 0 fully saturated rings. The number of nitrogens with zero attached hydrogens (tertiary/aromatic N) is 3. The first kappa shape index (κ1) is 24.1. The maximum absolute atomic E-state index is 12.7. The Kier molecular flexibility index (Phi) is 7.05. The molecule has 1 heterocycles. The molecule has 182 valence electrons. The summed E-state index contributed by atoms with van der Waals surface area (Å²) in [6.45, 7) is 0.208. The molecule has 4 rings (SSSR count). The number of benzene rings is 3. The van der Waals surface area contributed by atoms with Crippen molar-refractivity contribution in [3.05, 3.63) is 106 Å². The van der Waals surface area contributed by atoms with Gasteiger partial charge in [0.2, 0.25) is 0 Å². The molecule has 0 aliphatic heterocycles. The number of methoxy groups -OCH3 is 2. The predicted octanol–water partition coefficient (Wildman–Crippen LogP) is 4.60. The highest BCUT2D eigenvalue weighted by molar-refractivity contribution is 6.06. The molecule has 0 saturated carbocycles. The molecule has 0 aliphatic rings. The van der Waals surface area contributed by atoms with Crippen LogP contribution in [-0.4, -0.2) is 40.9 Å². The minimum Gasteiger partial charge on any atom is -0.489 e. The summed E-state index contributed by atoms with van der Waals surface area (Å²) in [4.78, 5) is 35.7. The molecule has 10 nitrogen and oxygen atoms in total. The normalized spacial score (nSPS) is 10.5. The van der Waals surface area contributed by atoms with Crippen molar-refractivity contribution in [3.8, 4) is 22.7 Å². The van der Waals surface area contributed by atoms with Gasteiger partial charge in [-0.2, -0.15) is 5.10 Å². The third-order valence-electron chi connectivity index (χ3n) is 5.33. The summed E-state index contributed by atoms with van der Waals surface area (Å²) in [5.74, 6) is -0.931. The van der Waals surface area contributed by atoms with Gasteiger partial charge in [-0.05, 0) is 54.1 Å². The van der Waals surface area contributed by atoms with Crippen LogP contribution in [0.5, 0.6) is 5.75 Å². The standard InChI is InChI=1S/C26H21N3O7/c1-34-25(30)22-23(27-28(24(22)26(31)35-2)19-6-4-3-5-7-19)18-10-14-21(15-11-18)36-16-17-8-12-20(13-9-17)29(32)33/h3-15H,16H2,1-2H3. The second-order valence-electron chi connectivity index (χ2n) is 7.54. The highest BCUT2D eigenvalue weighted by atomic mass is 16.6. The minimum absolute atomic E-state index is 0.00535. The lowest BCUT2D eigenvalue weighted by atomic mass is 10.1. The largest absolute Gasteiger partial charge is 0.489 e. The van der Waals surface area contributed by atoms with Crippen molar-refractivity contribution in [1.29, 1.82) is 0 Å². The van der Waals surface area contributed by atoms with Gasteiger partial charge < -0.3 is 14.2 Å². The van der Waals surface area contributed by atoms with E-state index in [1.165, 1.54) is 31.0 Å². The number of carbonyl (C=O) groups is 2. The topological polar surface area (TPSA) is 123 Å². The van der Waals surface area contributed by atoms with Crippen molar-refractivity contribution < 1.29 is 28.7 Å². The fourth-order valence-corrected chi connectivity index (χ4v) is 3.55. The van der Waals surface area contributed by atoms with Gasteiger partial charge in [-0.15, -0.1) is 0 Å². The van der Waals surface area contributed by atoms with Crippen LogP contribution in [0.2, 0.25) is 0 Å². The van der Waals surface area contributed by atoms with Gasteiger partial charge in [-0.3, -0.25) is 10.1 Å². The van der Waals surface area contributed by atoms with E-state index in [4.69, 9.17) is 14.2 Å². The Hall–Kier alpha value is -4.99. The van der Waals surface area contributed by atoms with Crippen molar-refractivity contribution in [3.63, 3.8) is 0 Å². The third-order valence-corrected chi connectivity index (χ3v) is 5.33. The van der Waals surface area contributed by atoms with E-state index in [-0.39, 0.29) is 29.2 Å². The van der Waals surface area contributed by atoms with Crippen molar-refractivity contribution in [1.82, 2.24) is 9.78 Å². The number of carbonyl (C=O) groups excluding carboxylic acids is 2.